The molecule has 1 heterocycles. The molecule has 0 N–H and O–H groups in total. The Hall–Kier alpha value is -1.55. The third-order valence-electron chi connectivity index (χ3n) is 3.49. The minimum atomic E-state index is -0.276. The largest absolute Gasteiger partial charge is 0.308 e. The quantitative estimate of drug-likeness (QED) is 0.824. The van der Waals surface area contributed by atoms with Gasteiger partial charge in [-0.05, 0) is 48.2 Å². The van der Waals surface area contributed by atoms with Crippen LogP contribution in [-0.2, 0) is 12.3 Å². The predicted molar refractivity (Wildman–Crippen MR) is 88.2 cm³/mol. The minimum Gasteiger partial charge on any atom is -0.308 e. The van der Waals surface area contributed by atoms with Gasteiger partial charge < -0.3 is 4.57 Å². The number of thiol groups is 1. The Morgan fingerprint density at radius 2 is 1.81 bits per heavy atom. The molecule has 0 aliphatic rings. The van der Waals surface area contributed by atoms with Crippen LogP contribution in [0.2, 0.25) is 0 Å². The van der Waals surface area contributed by atoms with Crippen LogP contribution in [-0.4, -0.2) is 4.57 Å². The molecule has 0 saturated heterocycles. The van der Waals surface area contributed by atoms with Crippen molar-refractivity contribution in [1.82, 2.24) is 4.57 Å². The summed E-state index contributed by atoms with van der Waals surface area (Å²) in [5.74, 6) is 0.656. The van der Waals surface area contributed by atoms with Gasteiger partial charge in [-0.3, -0.25) is 4.79 Å². The first-order valence-electron chi connectivity index (χ1n) is 7.12. The van der Waals surface area contributed by atoms with Crippen LogP contribution in [0.5, 0.6) is 0 Å². The van der Waals surface area contributed by atoms with Crippen LogP contribution in [0, 0.1) is 11.7 Å². The van der Waals surface area contributed by atoms with E-state index in [-0.39, 0.29) is 11.4 Å². The maximum atomic E-state index is 13.1. The van der Waals surface area contributed by atoms with Gasteiger partial charge in [-0.1, -0.05) is 19.9 Å². The van der Waals surface area contributed by atoms with Gasteiger partial charge >= 0.3 is 0 Å². The van der Waals surface area contributed by atoms with Gasteiger partial charge in [0.25, 0.3) is 5.56 Å². The van der Waals surface area contributed by atoms with Gasteiger partial charge in [-0.2, -0.15) is 12.6 Å². The monoisotopic (exact) mass is 305 g/mol. The lowest BCUT2D eigenvalue weighted by molar-refractivity contribution is 0.509. The lowest BCUT2D eigenvalue weighted by atomic mass is 10.1. The zero-order chi connectivity index (χ0) is 15.4. The van der Waals surface area contributed by atoms with Gasteiger partial charge in [-0.25, -0.2) is 4.39 Å². The highest BCUT2D eigenvalue weighted by Crippen LogP contribution is 2.20. The minimum absolute atomic E-state index is 0.00697. The number of pyridine rings is 1. The van der Waals surface area contributed by atoms with Crippen molar-refractivity contribution in [2.45, 2.75) is 32.6 Å². The predicted octanol–water partition coefficient (Wildman–Crippen LogP) is 4.13. The van der Waals surface area contributed by atoms with Gasteiger partial charge in [0.1, 0.15) is 5.82 Å². The van der Waals surface area contributed by atoms with Gasteiger partial charge in [0.15, 0.2) is 0 Å². The van der Waals surface area contributed by atoms with Crippen molar-refractivity contribution in [2.75, 3.05) is 0 Å². The van der Waals surface area contributed by atoms with E-state index in [1.807, 2.05) is 6.07 Å². The molecule has 112 valence electrons. The molecule has 0 spiro atoms. The van der Waals surface area contributed by atoms with Crippen LogP contribution >= 0.6 is 12.6 Å². The van der Waals surface area contributed by atoms with E-state index in [0.717, 1.165) is 17.7 Å². The van der Waals surface area contributed by atoms with E-state index in [1.54, 1.807) is 22.8 Å². The molecule has 0 bridgehead atoms. The summed E-state index contributed by atoms with van der Waals surface area (Å²) in [4.78, 5) is 12.5. The Morgan fingerprint density at radius 3 is 2.38 bits per heavy atom. The van der Waals surface area contributed by atoms with Crippen molar-refractivity contribution in [1.29, 1.82) is 0 Å². The second-order valence-electron chi connectivity index (χ2n) is 5.55. The number of hydrogen-bond donors (Lipinski definition) is 1. The molecule has 2 nitrogen and oxygen atoms in total. The summed E-state index contributed by atoms with van der Waals surface area (Å²) in [6, 6.07) is 9.96. The zero-order valence-electron chi connectivity index (χ0n) is 12.3. The highest BCUT2D eigenvalue weighted by Gasteiger charge is 2.10. The second-order valence-corrected chi connectivity index (χ2v) is 5.86. The summed E-state index contributed by atoms with van der Waals surface area (Å²) >= 11 is 4.21. The Balaban J connectivity index is 2.51. The Morgan fingerprint density at radius 1 is 1.14 bits per heavy atom. The number of hydrogen-bond acceptors (Lipinski definition) is 2. The smallest absolute Gasteiger partial charge is 0.255 e. The summed E-state index contributed by atoms with van der Waals surface area (Å²) < 4.78 is 14.9. The molecule has 2 aromatic rings. The van der Waals surface area contributed by atoms with Crippen molar-refractivity contribution in [3.8, 4) is 11.3 Å². The lowest BCUT2D eigenvalue weighted by Crippen LogP contribution is -2.25. The first kappa shape index (κ1) is 15.8. The van der Waals surface area contributed by atoms with E-state index in [0.29, 0.717) is 23.8 Å². The van der Waals surface area contributed by atoms with Gasteiger partial charge in [0, 0.05) is 17.9 Å². The fraction of sp³-hybridized carbons (Fsp3) is 0.353. The van der Waals surface area contributed by atoms with E-state index in [9.17, 15) is 9.18 Å². The average molecular weight is 305 g/mol. The van der Waals surface area contributed by atoms with Crippen molar-refractivity contribution >= 4 is 12.6 Å². The molecule has 0 atom stereocenters. The van der Waals surface area contributed by atoms with Crippen LogP contribution in [0.4, 0.5) is 4.39 Å². The first-order chi connectivity index (χ1) is 10.0. The molecular weight excluding hydrogens is 285 g/mol. The highest BCUT2D eigenvalue weighted by atomic mass is 32.1. The molecule has 4 heteroatoms. The van der Waals surface area contributed by atoms with Gasteiger partial charge in [0.2, 0.25) is 0 Å². The van der Waals surface area contributed by atoms with Crippen LogP contribution in [0.3, 0.4) is 0 Å². The summed E-state index contributed by atoms with van der Waals surface area (Å²) in [5, 5.41) is 0. The van der Waals surface area contributed by atoms with Crippen molar-refractivity contribution in [3.63, 3.8) is 0 Å². The third-order valence-corrected chi connectivity index (χ3v) is 3.83. The summed E-state index contributed by atoms with van der Waals surface area (Å²) in [5.41, 5.74) is 2.36. The first-order valence-corrected chi connectivity index (χ1v) is 7.75. The van der Waals surface area contributed by atoms with E-state index in [1.165, 1.54) is 12.1 Å². The van der Waals surface area contributed by atoms with E-state index < -0.39 is 0 Å². The molecular formula is C17H20FNOS. The van der Waals surface area contributed by atoms with Crippen molar-refractivity contribution in [3.05, 3.63) is 58.1 Å². The number of benzene rings is 1. The molecule has 1 aromatic heterocycles. The van der Waals surface area contributed by atoms with Crippen LogP contribution in [0.15, 0.2) is 41.2 Å². The number of aromatic nitrogens is 1. The summed E-state index contributed by atoms with van der Waals surface area (Å²) in [7, 11) is 0. The zero-order valence-corrected chi connectivity index (χ0v) is 13.2. The molecule has 1 aromatic carbocycles. The number of rotatable bonds is 5. The van der Waals surface area contributed by atoms with E-state index in [2.05, 4.69) is 26.5 Å². The molecule has 0 unspecified atom stereocenters. The fourth-order valence-electron chi connectivity index (χ4n) is 2.23. The SMILES string of the molecule is CC(C)CCn1c(-c2ccc(F)cc2)ccc(CS)c1=O. The normalized spacial score (nSPS) is 11.1. The van der Waals surface area contributed by atoms with Gasteiger partial charge in [0.05, 0.1) is 5.69 Å². The van der Waals surface area contributed by atoms with Crippen molar-refractivity contribution < 1.29 is 4.39 Å². The Bertz CT molecular complexity index is 661. The Labute approximate surface area is 130 Å². The molecule has 0 fully saturated rings. The molecule has 0 saturated carbocycles. The topological polar surface area (TPSA) is 22.0 Å². The fourth-order valence-corrected chi connectivity index (χ4v) is 2.47. The van der Waals surface area contributed by atoms with E-state index in [4.69, 9.17) is 0 Å². The molecule has 2 rings (SSSR count). The number of halogens is 1. The molecule has 0 radical (unpaired) electrons. The maximum absolute atomic E-state index is 13.1. The summed E-state index contributed by atoms with van der Waals surface area (Å²) in [6.07, 6.45) is 0.921. The maximum Gasteiger partial charge on any atom is 0.255 e. The number of nitrogens with zero attached hydrogens (tertiary/aromatic N) is 1. The molecule has 0 amide bonds. The van der Waals surface area contributed by atoms with E-state index >= 15 is 0 Å². The molecule has 0 aliphatic carbocycles. The standard InChI is InChI=1S/C17H20FNOS/c1-12(2)9-10-19-16(8-5-14(11-21)17(19)20)13-3-6-15(18)7-4-13/h3-8,12,21H,9-11H2,1-2H3. The van der Waals surface area contributed by atoms with Gasteiger partial charge in [-0.15, -0.1) is 0 Å². The summed E-state index contributed by atoms with van der Waals surface area (Å²) in [6.45, 7) is 4.92. The van der Waals surface area contributed by atoms with Crippen LogP contribution in [0.25, 0.3) is 11.3 Å². The molecule has 21 heavy (non-hydrogen) atoms. The van der Waals surface area contributed by atoms with Crippen LogP contribution < -0.4 is 5.56 Å². The Kier molecular flexibility index (Phi) is 5.23. The second kappa shape index (κ2) is 6.94. The lowest BCUT2D eigenvalue weighted by Gasteiger charge is -2.15. The van der Waals surface area contributed by atoms with Crippen LogP contribution in [0.1, 0.15) is 25.8 Å². The average Bonchev–Trinajstić information content (AvgIpc) is 2.46. The third kappa shape index (κ3) is 3.76. The van der Waals surface area contributed by atoms with Crippen molar-refractivity contribution in [2.24, 2.45) is 5.92 Å². The molecule has 0 aliphatic heterocycles. The highest BCUT2D eigenvalue weighted by molar-refractivity contribution is 7.79.